The van der Waals surface area contributed by atoms with Gasteiger partial charge in [0.15, 0.2) is 0 Å². The van der Waals surface area contributed by atoms with Gasteiger partial charge in [-0.3, -0.25) is 10.1 Å². The number of anilines is 1. The normalized spacial score (nSPS) is 10.8. The average Bonchev–Trinajstić information content (AvgIpc) is 3.00. The van der Waals surface area contributed by atoms with Crippen molar-refractivity contribution in [1.82, 2.24) is 20.2 Å². The van der Waals surface area contributed by atoms with Crippen molar-refractivity contribution >= 4 is 45.0 Å². The van der Waals surface area contributed by atoms with Gasteiger partial charge < -0.3 is 0 Å². The van der Waals surface area contributed by atoms with Crippen LogP contribution in [-0.4, -0.2) is 31.8 Å². The van der Waals surface area contributed by atoms with E-state index in [0.29, 0.717) is 5.13 Å². The number of rotatable bonds is 5. The molecule has 1 aromatic carbocycles. The molecular formula is C14H13N5OS2. The third-order valence-electron chi connectivity index (χ3n) is 2.86. The molecule has 0 fully saturated rings. The highest BCUT2D eigenvalue weighted by Crippen LogP contribution is 2.24. The number of benzene rings is 1. The quantitative estimate of drug-likeness (QED) is 0.572. The zero-order valence-corrected chi connectivity index (χ0v) is 13.4. The molecule has 8 heteroatoms. The smallest absolute Gasteiger partial charge is 0.236 e. The third-order valence-corrected chi connectivity index (χ3v) is 4.85. The van der Waals surface area contributed by atoms with Gasteiger partial charge in [0.1, 0.15) is 16.4 Å². The summed E-state index contributed by atoms with van der Waals surface area (Å²) >= 11 is 2.78. The Labute approximate surface area is 135 Å². The van der Waals surface area contributed by atoms with Crippen molar-refractivity contribution in [2.75, 3.05) is 11.1 Å². The van der Waals surface area contributed by atoms with Crippen LogP contribution in [0.2, 0.25) is 0 Å². The van der Waals surface area contributed by atoms with E-state index in [0.717, 1.165) is 27.4 Å². The number of aryl methyl sites for hydroxylation is 1. The zero-order valence-electron chi connectivity index (χ0n) is 11.8. The van der Waals surface area contributed by atoms with Crippen LogP contribution in [0.5, 0.6) is 0 Å². The maximum atomic E-state index is 12.0. The molecule has 0 saturated heterocycles. The number of nitrogens with zero attached hydrogens (tertiary/aromatic N) is 4. The van der Waals surface area contributed by atoms with E-state index in [1.54, 1.807) is 0 Å². The minimum absolute atomic E-state index is 0.119. The number of thioether (sulfide) groups is 1. The van der Waals surface area contributed by atoms with E-state index in [1.807, 2.05) is 31.2 Å². The first-order valence-corrected chi connectivity index (χ1v) is 8.51. The molecule has 2 aromatic heterocycles. The van der Waals surface area contributed by atoms with Crippen LogP contribution in [-0.2, 0) is 11.2 Å². The van der Waals surface area contributed by atoms with Crippen molar-refractivity contribution in [1.29, 1.82) is 0 Å². The molecule has 0 aliphatic rings. The van der Waals surface area contributed by atoms with Crippen molar-refractivity contribution in [2.24, 2.45) is 0 Å². The molecule has 0 atom stereocenters. The summed E-state index contributed by atoms with van der Waals surface area (Å²) in [5, 5.41) is 13.9. The Morgan fingerprint density at radius 2 is 2.14 bits per heavy atom. The monoisotopic (exact) mass is 331 g/mol. The van der Waals surface area contributed by atoms with Gasteiger partial charge >= 0.3 is 0 Å². The van der Waals surface area contributed by atoms with Crippen LogP contribution in [0.15, 0.2) is 35.6 Å². The lowest BCUT2D eigenvalue weighted by molar-refractivity contribution is -0.113. The van der Waals surface area contributed by atoms with Gasteiger partial charge in [-0.25, -0.2) is 9.97 Å². The molecule has 6 nitrogen and oxygen atoms in total. The predicted octanol–water partition coefficient (Wildman–Crippen LogP) is 2.77. The van der Waals surface area contributed by atoms with E-state index < -0.39 is 0 Å². The minimum atomic E-state index is -0.119. The van der Waals surface area contributed by atoms with Gasteiger partial charge in [0.25, 0.3) is 0 Å². The van der Waals surface area contributed by atoms with Gasteiger partial charge in [0, 0.05) is 5.39 Å². The van der Waals surface area contributed by atoms with Crippen LogP contribution in [0, 0.1) is 0 Å². The molecule has 0 unspecified atom stereocenters. The summed E-state index contributed by atoms with van der Waals surface area (Å²) in [6.45, 7) is 2.00. The molecule has 2 heterocycles. The Hall–Kier alpha value is -2.06. The molecule has 0 radical (unpaired) electrons. The number of fused-ring (bicyclic) bond motifs is 1. The lowest BCUT2D eigenvalue weighted by Crippen LogP contribution is -2.14. The average molecular weight is 331 g/mol. The second kappa shape index (κ2) is 6.80. The molecule has 1 N–H and O–H groups in total. The van der Waals surface area contributed by atoms with Crippen molar-refractivity contribution in [3.63, 3.8) is 0 Å². The minimum Gasteiger partial charge on any atom is -0.300 e. The summed E-state index contributed by atoms with van der Waals surface area (Å²) in [5.41, 5.74) is 0.872. The summed E-state index contributed by atoms with van der Waals surface area (Å²) in [6, 6.07) is 7.74. The number of hydrogen-bond donors (Lipinski definition) is 1. The second-order valence-corrected chi connectivity index (χ2v) is 6.41. The van der Waals surface area contributed by atoms with Crippen molar-refractivity contribution in [3.05, 3.63) is 35.6 Å². The molecule has 22 heavy (non-hydrogen) atoms. The van der Waals surface area contributed by atoms with E-state index in [-0.39, 0.29) is 11.7 Å². The van der Waals surface area contributed by atoms with Gasteiger partial charge in [0.05, 0.1) is 11.3 Å². The SMILES string of the molecule is CCc1nnc(NC(=O)CSc2ncnc3ccccc23)s1. The maximum absolute atomic E-state index is 12.0. The van der Waals surface area contributed by atoms with Crippen LogP contribution in [0.1, 0.15) is 11.9 Å². The number of carbonyl (C=O) groups excluding carboxylic acids is 1. The molecule has 0 aliphatic carbocycles. The van der Waals surface area contributed by atoms with E-state index in [4.69, 9.17) is 0 Å². The summed E-state index contributed by atoms with van der Waals surface area (Å²) < 4.78 is 0. The molecule has 0 bridgehead atoms. The highest BCUT2D eigenvalue weighted by Gasteiger charge is 2.10. The standard InChI is InChI=1S/C14H13N5OS2/c1-2-12-18-19-14(22-12)17-11(20)7-21-13-9-5-3-4-6-10(9)15-8-16-13/h3-6,8H,2,7H2,1H3,(H,17,19,20). The number of amides is 1. The van der Waals surface area contributed by atoms with Gasteiger partial charge in [-0.2, -0.15) is 0 Å². The molecule has 0 aliphatic heterocycles. The largest absolute Gasteiger partial charge is 0.300 e. The van der Waals surface area contributed by atoms with E-state index >= 15 is 0 Å². The lowest BCUT2D eigenvalue weighted by atomic mass is 10.2. The molecule has 112 valence electrons. The fourth-order valence-electron chi connectivity index (χ4n) is 1.83. The van der Waals surface area contributed by atoms with E-state index in [1.165, 1.54) is 29.4 Å². The number of nitrogens with one attached hydrogen (secondary N) is 1. The van der Waals surface area contributed by atoms with E-state index in [2.05, 4.69) is 25.5 Å². The Morgan fingerprint density at radius 1 is 1.27 bits per heavy atom. The van der Waals surface area contributed by atoms with Gasteiger partial charge in [-0.15, -0.1) is 10.2 Å². The fourth-order valence-corrected chi connectivity index (χ4v) is 3.32. The van der Waals surface area contributed by atoms with Crippen LogP contribution in [0.4, 0.5) is 5.13 Å². The lowest BCUT2D eigenvalue weighted by Gasteiger charge is -2.04. The predicted molar refractivity (Wildman–Crippen MR) is 88.2 cm³/mol. The highest BCUT2D eigenvalue weighted by molar-refractivity contribution is 8.00. The summed E-state index contributed by atoms with van der Waals surface area (Å²) in [4.78, 5) is 20.4. The molecule has 3 aromatic rings. The first-order chi connectivity index (χ1) is 10.8. The Kier molecular flexibility index (Phi) is 4.59. The number of para-hydroxylation sites is 1. The number of hydrogen-bond acceptors (Lipinski definition) is 7. The van der Waals surface area contributed by atoms with Gasteiger partial charge in [-0.1, -0.05) is 48.2 Å². The Morgan fingerprint density at radius 3 is 2.95 bits per heavy atom. The first kappa shape index (κ1) is 14.9. The maximum Gasteiger partial charge on any atom is 0.236 e. The summed E-state index contributed by atoms with van der Waals surface area (Å²) in [6.07, 6.45) is 2.33. The van der Waals surface area contributed by atoms with Crippen LogP contribution < -0.4 is 5.32 Å². The Balaban J connectivity index is 1.65. The van der Waals surface area contributed by atoms with Crippen molar-refractivity contribution < 1.29 is 4.79 Å². The summed E-state index contributed by atoms with van der Waals surface area (Å²) in [7, 11) is 0. The van der Waals surface area contributed by atoms with Crippen molar-refractivity contribution in [2.45, 2.75) is 18.4 Å². The van der Waals surface area contributed by atoms with Crippen LogP contribution >= 0.6 is 23.1 Å². The second-order valence-electron chi connectivity index (χ2n) is 4.39. The zero-order chi connectivity index (χ0) is 15.4. The van der Waals surface area contributed by atoms with Crippen molar-refractivity contribution in [3.8, 4) is 0 Å². The number of carbonyl (C=O) groups is 1. The first-order valence-electron chi connectivity index (χ1n) is 6.71. The Bertz CT molecular complexity index is 799. The van der Waals surface area contributed by atoms with Gasteiger partial charge in [0.2, 0.25) is 11.0 Å². The van der Waals surface area contributed by atoms with Crippen LogP contribution in [0.25, 0.3) is 10.9 Å². The fraction of sp³-hybridized carbons (Fsp3) is 0.214. The molecule has 3 rings (SSSR count). The van der Waals surface area contributed by atoms with Crippen LogP contribution in [0.3, 0.4) is 0 Å². The third kappa shape index (κ3) is 3.40. The molecule has 1 amide bonds. The summed E-state index contributed by atoms with van der Waals surface area (Å²) in [5.74, 6) is 0.147. The topological polar surface area (TPSA) is 80.7 Å². The molecule has 0 spiro atoms. The van der Waals surface area contributed by atoms with Gasteiger partial charge in [-0.05, 0) is 12.5 Å². The van der Waals surface area contributed by atoms with E-state index in [9.17, 15) is 4.79 Å². The highest BCUT2D eigenvalue weighted by atomic mass is 32.2. The molecular weight excluding hydrogens is 318 g/mol. The molecule has 0 saturated carbocycles. The number of aromatic nitrogens is 4.